The van der Waals surface area contributed by atoms with Crippen molar-refractivity contribution in [2.24, 2.45) is 0 Å². The molecule has 0 saturated carbocycles. The number of hydrogen-bond donors (Lipinski definition) is 3. The highest BCUT2D eigenvalue weighted by molar-refractivity contribution is 8.00. The number of benzene rings is 5. The Morgan fingerprint density at radius 3 is 2.16 bits per heavy atom. The molecule has 51 heavy (non-hydrogen) atoms. The molecule has 6 aromatic rings. The Labute approximate surface area is 304 Å². The summed E-state index contributed by atoms with van der Waals surface area (Å²) in [6.45, 7) is 2.04. The average Bonchev–Trinajstić information content (AvgIpc) is 3.63. The number of rotatable bonds is 12. The largest absolute Gasteiger partial charge is 0.496 e. The maximum atomic E-state index is 13.7. The lowest BCUT2D eigenvalue weighted by atomic mass is 10.1. The van der Waals surface area contributed by atoms with Crippen LogP contribution in [0, 0.1) is 6.92 Å². The van der Waals surface area contributed by atoms with E-state index < -0.39 is 17.1 Å². The van der Waals surface area contributed by atoms with E-state index in [1.807, 2.05) is 97.2 Å². The van der Waals surface area contributed by atoms with Crippen LogP contribution >= 0.6 is 23.1 Å². The second kappa shape index (κ2) is 16.6. The minimum Gasteiger partial charge on any atom is -0.496 e. The van der Waals surface area contributed by atoms with Crippen molar-refractivity contribution in [1.29, 1.82) is 0 Å². The molecule has 0 saturated heterocycles. The fourth-order valence-electron chi connectivity index (χ4n) is 5.09. The molecule has 3 N–H and O–H groups in total. The number of methoxy groups -OCH3 is 1. The van der Waals surface area contributed by atoms with Gasteiger partial charge in [-0.25, -0.2) is 4.98 Å². The zero-order chi connectivity index (χ0) is 35.6. The van der Waals surface area contributed by atoms with Crippen LogP contribution in [0.2, 0.25) is 0 Å². The first-order valence-electron chi connectivity index (χ1n) is 16.0. The Morgan fingerprint density at radius 2 is 1.45 bits per heavy atom. The van der Waals surface area contributed by atoms with Gasteiger partial charge in [0.1, 0.15) is 16.7 Å². The van der Waals surface area contributed by atoms with E-state index in [0.717, 1.165) is 21.7 Å². The molecule has 0 bridgehead atoms. The number of aryl methyl sites for hydroxylation is 1. The number of thioether (sulfide) groups is 1. The van der Waals surface area contributed by atoms with Crippen LogP contribution in [-0.2, 0) is 9.59 Å². The van der Waals surface area contributed by atoms with E-state index in [1.54, 1.807) is 61.7 Å². The summed E-state index contributed by atoms with van der Waals surface area (Å²) in [6, 6.07) is 40.8. The van der Waals surface area contributed by atoms with E-state index in [4.69, 9.17) is 4.74 Å². The number of hydrogen-bond acceptors (Lipinski definition) is 7. The zero-order valence-electron chi connectivity index (χ0n) is 27.8. The number of thiazole rings is 1. The van der Waals surface area contributed by atoms with Crippen LogP contribution in [-0.4, -0.2) is 29.8 Å². The summed E-state index contributed by atoms with van der Waals surface area (Å²) in [6.07, 6.45) is 1.58. The molecule has 1 heterocycles. The van der Waals surface area contributed by atoms with Gasteiger partial charge in [-0.1, -0.05) is 96.6 Å². The second-order valence-corrected chi connectivity index (χ2v) is 13.4. The Bertz CT molecular complexity index is 2150. The van der Waals surface area contributed by atoms with Crippen LogP contribution in [0.3, 0.4) is 0 Å². The Hall–Kier alpha value is -5.97. The van der Waals surface area contributed by atoms with Gasteiger partial charge in [-0.15, -0.1) is 23.1 Å². The molecule has 8 nitrogen and oxygen atoms in total. The minimum absolute atomic E-state index is 0.0420. The summed E-state index contributed by atoms with van der Waals surface area (Å²) in [7, 11) is 1.54. The van der Waals surface area contributed by atoms with Crippen LogP contribution in [0.1, 0.15) is 32.3 Å². The van der Waals surface area contributed by atoms with Crippen molar-refractivity contribution in [2.45, 2.75) is 17.1 Å². The SMILES string of the molecule is COc1ccccc1/C=C(\NC(=O)c1ccccc1)C(=O)Nc1ccc(SC(C(=O)Nc2nc(-c3ccc(C)cc3)cs2)c2ccccc2)cc1. The molecule has 0 aliphatic rings. The van der Waals surface area contributed by atoms with Gasteiger partial charge >= 0.3 is 0 Å². The quantitative estimate of drug-likeness (QED) is 0.0864. The lowest BCUT2D eigenvalue weighted by Gasteiger charge is -2.17. The fourth-order valence-corrected chi connectivity index (χ4v) is 6.84. The first-order chi connectivity index (χ1) is 24.9. The van der Waals surface area contributed by atoms with E-state index in [-0.39, 0.29) is 11.6 Å². The summed E-state index contributed by atoms with van der Waals surface area (Å²) >= 11 is 2.77. The summed E-state index contributed by atoms with van der Waals surface area (Å²) in [5.74, 6) is -0.584. The molecule has 1 atom stereocenters. The number of amides is 3. The number of nitrogens with zero attached hydrogens (tertiary/aromatic N) is 1. The molecule has 1 aromatic heterocycles. The van der Waals surface area contributed by atoms with Gasteiger partial charge in [-0.05, 0) is 61.0 Å². The summed E-state index contributed by atoms with van der Waals surface area (Å²) < 4.78 is 5.46. The molecule has 0 radical (unpaired) electrons. The molecule has 0 aliphatic carbocycles. The summed E-state index contributed by atoms with van der Waals surface area (Å²) in [5, 5.41) is 10.5. The maximum Gasteiger partial charge on any atom is 0.272 e. The maximum absolute atomic E-state index is 13.7. The number of carbonyl (C=O) groups excluding carboxylic acids is 3. The van der Waals surface area contributed by atoms with Crippen LogP contribution in [0.25, 0.3) is 17.3 Å². The average molecular weight is 711 g/mol. The molecule has 0 spiro atoms. The van der Waals surface area contributed by atoms with Gasteiger partial charge in [-0.2, -0.15) is 0 Å². The highest BCUT2D eigenvalue weighted by Gasteiger charge is 2.24. The number of aromatic nitrogens is 1. The Morgan fingerprint density at radius 1 is 0.784 bits per heavy atom. The van der Waals surface area contributed by atoms with Crippen molar-refractivity contribution in [3.8, 4) is 17.0 Å². The van der Waals surface area contributed by atoms with Crippen LogP contribution in [0.4, 0.5) is 10.8 Å². The third kappa shape index (κ3) is 9.18. The monoisotopic (exact) mass is 710 g/mol. The van der Waals surface area contributed by atoms with Crippen LogP contribution in [0.5, 0.6) is 5.75 Å². The van der Waals surface area contributed by atoms with Crippen LogP contribution in [0.15, 0.2) is 149 Å². The molecule has 3 amide bonds. The Kier molecular flexibility index (Phi) is 11.4. The van der Waals surface area contributed by atoms with Gasteiger partial charge in [0.15, 0.2) is 5.13 Å². The van der Waals surface area contributed by atoms with E-state index in [2.05, 4.69) is 20.9 Å². The molecule has 10 heteroatoms. The molecule has 1 unspecified atom stereocenters. The topological polar surface area (TPSA) is 109 Å². The molecule has 5 aromatic carbocycles. The van der Waals surface area contributed by atoms with Gasteiger partial charge in [0.05, 0.1) is 12.8 Å². The van der Waals surface area contributed by atoms with Crippen molar-refractivity contribution in [3.63, 3.8) is 0 Å². The minimum atomic E-state index is -0.568. The number of ether oxygens (including phenoxy) is 1. The molecule has 6 rings (SSSR count). The molecule has 254 valence electrons. The van der Waals surface area contributed by atoms with Crippen molar-refractivity contribution in [1.82, 2.24) is 10.3 Å². The molecular formula is C41H34N4O4S2. The van der Waals surface area contributed by atoms with E-state index in [1.165, 1.54) is 28.7 Å². The molecular weight excluding hydrogens is 677 g/mol. The highest BCUT2D eigenvalue weighted by atomic mass is 32.2. The van der Waals surface area contributed by atoms with Gasteiger partial charge < -0.3 is 20.7 Å². The lowest BCUT2D eigenvalue weighted by molar-refractivity contribution is -0.116. The van der Waals surface area contributed by atoms with E-state index >= 15 is 0 Å². The summed E-state index contributed by atoms with van der Waals surface area (Å²) in [4.78, 5) is 45.9. The number of anilines is 2. The lowest BCUT2D eigenvalue weighted by Crippen LogP contribution is -2.30. The van der Waals surface area contributed by atoms with Gasteiger partial charge in [-0.3, -0.25) is 14.4 Å². The zero-order valence-corrected chi connectivity index (χ0v) is 29.5. The first kappa shape index (κ1) is 34.9. The van der Waals surface area contributed by atoms with E-state index in [0.29, 0.717) is 27.7 Å². The van der Waals surface area contributed by atoms with Crippen molar-refractivity contribution in [2.75, 3.05) is 17.7 Å². The van der Waals surface area contributed by atoms with Crippen molar-refractivity contribution < 1.29 is 19.1 Å². The normalized spacial score (nSPS) is 11.7. The first-order valence-corrected chi connectivity index (χ1v) is 17.8. The van der Waals surface area contributed by atoms with Gasteiger partial charge in [0, 0.05) is 32.7 Å². The predicted octanol–water partition coefficient (Wildman–Crippen LogP) is 9.01. The number of carbonyl (C=O) groups is 3. The van der Waals surface area contributed by atoms with E-state index in [9.17, 15) is 14.4 Å². The summed E-state index contributed by atoms with van der Waals surface area (Å²) in [5.41, 5.74) is 5.39. The smallest absolute Gasteiger partial charge is 0.272 e. The van der Waals surface area contributed by atoms with Crippen LogP contribution < -0.4 is 20.7 Å². The number of para-hydroxylation sites is 1. The molecule has 0 fully saturated rings. The van der Waals surface area contributed by atoms with Crippen molar-refractivity contribution >= 4 is 57.7 Å². The third-order valence-corrected chi connectivity index (χ3v) is 9.78. The highest BCUT2D eigenvalue weighted by Crippen LogP contribution is 2.37. The Balaban J connectivity index is 1.18. The molecule has 0 aliphatic heterocycles. The number of nitrogens with one attached hydrogen (secondary N) is 3. The second-order valence-electron chi connectivity index (χ2n) is 11.4. The predicted molar refractivity (Wildman–Crippen MR) is 206 cm³/mol. The third-order valence-electron chi connectivity index (χ3n) is 7.76. The standard InChI is InChI=1S/C41H34N4O4S2/c1-27-17-19-28(20-18-27)35-26-50-41(44-35)45-40(48)37(29-11-5-3-6-12-29)51-33-23-21-32(22-24-33)42-39(47)34(25-31-15-9-10-16-36(31)49-2)43-38(46)30-13-7-4-8-14-30/h3-26,37H,1-2H3,(H,42,47)(H,43,46)(H,44,45,48)/b34-25-. The van der Waals surface area contributed by atoms with Gasteiger partial charge in [0.25, 0.3) is 11.8 Å². The van der Waals surface area contributed by atoms with Gasteiger partial charge in [0.2, 0.25) is 5.91 Å². The van der Waals surface area contributed by atoms with Crippen molar-refractivity contribution in [3.05, 3.63) is 167 Å². The fraction of sp³-hybridized carbons (Fsp3) is 0.0732.